The second-order valence-electron chi connectivity index (χ2n) is 3.40. The zero-order valence-electron chi connectivity index (χ0n) is 7.97. The first kappa shape index (κ1) is 8.40. The summed E-state index contributed by atoms with van der Waals surface area (Å²) in [5, 5.41) is 0. The summed E-state index contributed by atoms with van der Waals surface area (Å²) >= 11 is 0. The van der Waals surface area contributed by atoms with Gasteiger partial charge in [-0.3, -0.25) is 0 Å². The Balaban J connectivity index is 1.88. The quantitative estimate of drug-likeness (QED) is 0.738. The Hall–Kier alpha value is -1.91. The molecular formula is C10H10N2O3. The third-order valence-corrected chi connectivity index (χ3v) is 2.44. The van der Waals surface area contributed by atoms with E-state index in [4.69, 9.17) is 19.9 Å². The molecule has 0 amide bonds. The van der Waals surface area contributed by atoms with E-state index in [0.29, 0.717) is 6.54 Å². The van der Waals surface area contributed by atoms with Gasteiger partial charge in [-0.1, -0.05) is 6.07 Å². The molecule has 1 aromatic carbocycles. The molecule has 0 bridgehead atoms. The van der Waals surface area contributed by atoms with E-state index in [0.717, 1.165) is 17.1 Å². The van der Waals surface area contributed by atoms with Gasteiger partial charge in [-0.15, -0.1) is 0 Å². The van der Waals surface area contributed by atoms with Crippen LogP contribution in [0.4, 0.5) is 0 Å². The predicted molar refractivity (Wildman–Crippen MR) is 52.9 cm³/mol. The second-order valence-corrected chi connectivity index (χ2v) is 3.40. The molecule has 0 aliphatic carbocycles. The predicted octanol–water partition coefficient (Wildman–Crippen LogP) is 0.801. The third kappa shape index (κ3) is 1.36. The zero-order valence-corrected chi connectivity index (χ0v) is 7.97. The highest BCUT2D eigenvalue weighted by Gasteiger charge is 2.22. The summed E-state index contributed by atoms with van der Waals surface area (Å²) in [6.07, 6.45) is -0.0977. The highest BCUT2D eigenvalue weighted by atomic mass is 16.7. The SMILES string of the molecule is NC1=NCC(c2ccc3c(c2)OCO3)O1. The molecule has 0 spiro atoms. The van der Waals surface area contributed by atoms with Gasteiger partial charge in [0, 0.05) is 0 Å². The van der Waals surface area contributed by atoms with Crippen LogP contribution in [0.3, 0.4) is 0 Å². The van der Waals surface area contributed by atoms with Crippen LogP contribution >= 0.6 is 0 Å². The first-order valence-electron chi connectivity index (χ1n) is 4.69. The van der Waals surface area contributed by atoms with Crippen molar-refractivity contribution < 1.29 is 14.2 Å². The van der Waals surface area contributed by atoms with Crippen molar-refractivity contribution in [1.29, 1.82) is 0 Å². The Morgan fingerprint density at radius 2 is 2.13 bits per heavy atom. The van der Waals surface area contributed by atoms with E-state index in [2.05, 4.69) is 4.99 Å². The number of nitrogens with two attached hydrogens (primary N) is 1. The van der Waals surface area contributed by atoms with E-state index < -0.39 is 0 Å². The highest BCUT2D eigenvalue weighted by molar-refractivity contribution is 5.73. The number of rotatable bonds is 1. The summed E-state index contributed by atoms with van der Waals surface area (Å²) in [7, 11) is 0. The molecule has 3 rings (SSSR count). The summed E-state index contributed by atoms with van der Waals surface area (Å²) in [6.45, 7) is 0.842. The number of nitrogens with zero attached hydrogens (tertiary/aromatic N) is 1. The normalized spacial score (nSPS) is 22.4. The average Bonchev–Trinajstić information content (AvgIpc) is 2.84. The van der Waals surface area contributed by atoms with Crippen molar-refractivity contribution in [2.24, 2.45) is 10.7 Å². The maximum Gasteiger partial charge on any atom is 0.282 e. The van der Waals surface area contributed by atoms with Crippen LogP contribution in [-0.2, 0) is 4.74 Å². The fourth-order valence-electron chi connectivity index (χ4n) is 1.68. The molecule has 0 saturated carbocycles. The lowest BCUT2D eigenvalue weighted by atomic mass is 10.1. The summed E-state index contributed by atoms with van der Waals surface area (Å²) in [5.74, 6) is 1.52. The lowest BCUT2D eigenvalue weighted by Crippen LogP contribution is -2.13. The Morgan fingerprint density at radius 3 is 2.93 bits per heavy atom. The number of hydrogen-bond acceptors (Lipinski definition) is 5. The highest BCUT2D eigenvalue weighted by Crippen LogP contribution is 2.35. The molecule has 2 N–H and O–H groups in total. The van der Waals surface area contributed by atoms with Gasteiger partial charge >= 0.3 is 0 Å². The van der Waals surface area contributed by atoms with Crippen molar-refractivity contribution in [3.63, 3.8) is 0 Å². The van der Waals surface area contributed by atoms with Gasteiger partial charge in [-0.2, -0.15) is 0 Å². The summed E-state index contributed by atoms with van der Waals surface area (Å²) in [6, 6.07) is 5.96. The Bertz CT molecular complexity index is 431. The third-order valence-electron chi connectivity index (χ3n) is 2.44. The molecule has 0 radical (unpaired) electrons. The molecule has 78 valence electrons. The topological polar surface area (TPSA) is 66.1 Å². The van der Waals surface area contributed by atoms with E-state index in [1.165, 1.54) is 0 Å². The number of fused-ring (bicyclic) bond motifs is 1. The lowest BCUT2D eigenvalue weighted by Gasteiger charge is -2.10. The zero-order chi connectivity index (χ0) is 10.3. The van der Waals surface area contributed by atoms with Crippen molar-refractivity contribution in [2.45, 2.75) is 6.10 Å². The van der Waals surface area contributed by atoms with Crippen LogP contribution in [0.15, 0.2) is 23.2 Å². The maximum absolute atomic E-state index is 5.45. The van der Waals surface area contributed by atoms with E-state index >= 15 is 0 Å². The molecule has 0 saturated heterocycles. The molecule has 2 aliphatic heterocycles. The fraction of sp³-hybridized carbons (Fsp3) is 0.300. The van der Waals surface area contributed by atoms with Crippen LogP contribution in [0.2, 0.25) is 0 Å². The Kier molecular flexibility index (Phi) is 1.71. The minimum Gasteiger partial charge on any atom is -0.455 e. The van der Waals surface area contributed by atoms with Gasteiger partial charge in [0.25, 0.3) is 6.02 Å². The second kappa shape index (κ2) is 3.05. The van der Waals surface area contributed by atoms with Gasteiger partial charge in [0.1, 0.15) is 6.10 Å². The molecular weight excluding hydrogens is 196 g/mol. The van der Waals surface area contributed by atoms with Crippen molar-refractivity contribution in [2.75, 3.05) is 13.3 Å². The molecule has 15 heavy (non-hydrogen) atoms. The van der Waals surface area contributed by atoms with Gasteiger partial charge in [0.15, 0.2) is 11.5 Å². The standard InChI is InChI=1S/C10H10N2O3/c11-10-12-4-9(15-10)6-1-2-7-8(3-6)14-5-13-7/h1-3,9H,4-5H2,(H2,11,12). The van der Waals surface area contributed by atoms with Gasteiger partial charge in [-0.25, -0.2) is 4.99 Å². The summed E-state index contributed by atoms with van der Waals surface area (Å²) < 4.78 is 15.8. The number of aliphatic imine (C=N–C) groups is 1. The Morgan fingerprint density at radius 1 is 1.27 bits per heavy atom. The van der Waals surface area contributed by atoms with E-state index in [-0.39, 0.29) is 18.9 Å². The van der Waals surface area contributed by atoms with Crippen molar-refractivity contribution in [3.05, 3.63) is 23.8 Å². The minimum atomic E-state index is -0.0977. The number of hydrogen-bond donors (Lipinski definition) is 1. The average molecular weight is 206 g/mol. The smallest absolute Gasteiger partial charge is 0.282 e. The van der Waals surface area contributed by atoms with E-state index in [1.54, 1.807) is 0 Å². The van der Waals surface area contributed by atoms with Gasteiger partial charge in [0.05, 0.1) is 6.54 Å². The van der Waals surface area contributed by atoms with Crippen LogP contribution < -0.4 is 15.2 Å². The molecule has 0 fully saturated rings. The molecule has 5 nitrogen and oxygen atoms in total. The van der Waals surface area contributed by atoms with Crippen LogP contribution in [0.1, 0.15) is 11.7 Å². The molecule has 5 heteroatoms. The summed E-state index contributed by atoms with van der Waals surface area (Å²) in [4.78, 5) is 3.99. The van der Waals surface area contributed by atoms with Gasteiger partial charge in [0.2, 0.25) is 6.79 Å². The van der Waals surface area contributed by atoms with Crippen LogP contribution in [0, 0.1) is 0 Å². The van der Waals surface area contributed by atoms with Crippen LogP contribution in [0.5, 0.6) is 11.5 Å². The van der Waals surface area contributed by atoms with Crippen molar-refractivity contribution >= 4 is 6.02 Å². The first-order valence-corrected chi connectivity index (χ1v) is 4.69. The van der Waals surface area contributed by atoms with Crippen LogP contribution in [-0.4, -0.2) is 19.4 Å². The van der Waals surface area contributed by atoms with Gasteiger partial charge < -0.3 is 19.9 Å². The maximum atomic E-state index is 5.45. The molecule has 2 aliphatic rings. The molecule has 1 unspecified atom stereocenters. The molecule has 1 atom stereocenters. The van der Waals surface area contributed by atoms with Crippen molar-refractivity contribution in [3.8, 4) is 11.5 Å². The van der Waals surface area contributed by atoms with Crippen molar-refractivity contribution in [1.82, 2.24) is 0 Å². The van der Waals surface area contributed by atoms with Gasteiger partial charge in [-0.05, 0) is 17.7 Å². The lowest BCUT2D eigenvalue weighted by molar-refractivity contribution is 0.173. The van der Waals surface area contributed by atoms with Crippen LogP contribution in [0.25, 0.3) is 0 Å². The summed E-state index contributed by atoms with van der Waals surface area (Å²) in [5.41, 5.74) is 6.45. The Labute approximate surface area is 86.5 Å². The number of ether oxygens (including phenoxy) is 3. The largest absolute Gasteiger partial charge is 0.455 e. The molecule has 2 heterocycles. The van der Waals surface area contributed by atoms with E-state index in [9.17, 15) is 0 Å². The number of benzene rings is 1. The molecule has 0 aromatic heterocycles. The molecule has 1 aromatic rings. The van der Waals surface area contributed by atoms with E-state index in [1.807, 2.05) is 18.2 Å². The minimum absolute atomic E-state index is 0.0977. The monoisotopic (exact) mass is 206 g/mol. The first-order chi connectivity index (χ1) is 7.33. The fourth-order valence-corrected chi connectivity index (χ4v) is 1.68. The number of amidine groups is 1.